The summed E-state index contributed by atoms with van der Waals surface area (Å²) < 4.78 is 41.9. The standard InChI is InChI=1S/C13H12F3N3O2/c1-6-4-9(5-7(2)17-6)11-18-12(21-19-11)8(3)10(20)13(14,15)16/h4-5,8H,1-3H3. The smallest absolute Gasteiger partial charge is 0.338 e. The van der Waals surface area contributed by atoms with Crippen molar-refractivity contribution in [2.45, 2.75) is 32.9 Å². The van der Waals surface area contributed by atoms with Crippen LogP contribution in [0, 0.1) is 13.8 Å². The highest BCUT2D eigenvalue weighted by atomic mass is 19.4. The van der Waals surface area contributed by atoms with E-state index in [2.05, 4.69) is 15.1 Å². The summed E-state index contributed by atoms with van der Waals surface area (Å²) in [4.78, 5) is 19.2. The number of aryl methyl sites for hydroxylation is 2. The van der Waals surface area contributed by atoms with Gasteiger partial charge in [-0.3, -0.25) is 9.78 Å². The number of hydrogen-bond donors (Lipinski definition) is 0. The van der Waals surface area contributed by atoms with Gasteiger partial charge in [0.1, 0.15) is 5.92 Å². The minimum Gasteiger partial charge on any atom is -0.338 e. The van der Waals surface area contributed by atoms with Crippen LogP contribution in [0.25, 0.3) is 11.4 Å². The molecule has 0 saturated heterocycles. The number of alkyl halides is 3. The van der Waals surface area contributed by atoms with Crippen LogP contribution in [0.1, 0.15) is 30.1 Å². The van der Waals surface area contributed by atoms with Gasteiger partial charge in [-0.05, 0) is 32.9 Å². The van der Waals surface area contributed by atoms with E-state index >= 15 is 0 Å². The lowest BCUT2D eigenvalue weighted by Crippen LogP contribution is -2.27. The first-order chi connectivity index (χ1) is 9.68. The molecule has 0 N–H and O–H groups in total. The number of rotatable bonds is 3. The summed E-state index contributed by atoms with van der Waals surface area (Å²) in [5.41, 5.74) is 2.01. The topological polar surface area (TPSA) is 68.9 Å². The number of pyridine rings is 1. The van der Waals surface area contributed by atoms with Gasteiger partial charge >= 0.3 is 6.18 Å². The van der Waals surface area contributed by atoms with E-state index < -0.39 is 17.9 Å². The quantitative estimate of drug-likeness (QED) is 0.871. The largest absolute Gasteiger partial charge is 0.450 e. The van der Waals surface area contributed by atoms with E-state index in [4.69, 9.17) is 4.52 Å². The summed E-state index contributed by atoms with van der Waals surface area (Å²) in [5.74, 6) is -3.69. The van der Waals surface area contributed by atoms with Crippen LogP contribution in [0.4, 0.5) is 13.2 Å². The molecule has 0 spiro atoms. The zero-order chi connectivity index (χ0) is 15.8. The second-order valence-corrected chi connectivity index (χ2v) is 4.68. The van der Waals surface area contributed by atoms with Crippen LogP contribution in [-0.4, -0.2) is 27.1 Å². The lowest BCUT2D eigenvalue weighted by molar-refractivity contribution is -0.172. The van der Waals surface area contributed by atoms with Crippen molar-refractivity contribution in [3.8, 4) is 11.4 Å². The highest BCUT2D eigenvalue weighted by Gasteiger charge is 2.44. The molecular formula is C13H12F3N3O2. The average Bonchev–Trinajstić information content (AvgIpc) is 2.84. The van der Waals surface area contributed by atoms with Crippen molar-refractivity contribution in [1.82, 2.24) is 15.1 Å². The molecule has 0 aliphatic carbocycles. The summed E-state index contributed by atoms with van der Waals surface area (Å²) in [6.45, 7) is 4.62. The zero-order valence-electron chi connectivity index (χ0n) is 11.5. The van der Waals surface area contributed by atoms with Crippen LogP contribution >= 0.6 is 0 Å². The van der Waals surface area contributed by atoms with E-state index in [1.807, 2.05) is 0 Å². The molecule has 112 valence electrons. The van der Waals surface area contributed by atoms with Crippen molar-refractivity contribution in [3.05, 3.63) is 29.4 Å². The van der Waals surface area contributed by atoms with Gasteiger partial charge in [0.25, 0.3) is 0 Å². The Labute approximate surface area is 118 Å². The lowest BCUT2D eigenvalue weighted by atomic mass is 10.1. The van der Waals surface area contributed by atoms with E-state index in [1.165, 1.54) is 0 Å². The summed E-state index contributed by atoms with van der Waals surface area (Å²) >= 11 is 0. The Hall–Kier alpha value is -2.25. The average molecular weight is 299 g/mol. The normalized spacial score (nSPS) is 13.2. The van der Waals surface area contributed by atoms with Gasteiger partial charge in [-0.15, -0.1) is 0 Å². The minimum atomic E-state index is -4.93. The first kappa shape index (κ1) is 15.1. The van der Waals surface area contributed by atoms with Crippen molar-refractivity contribution in [3.63, 3.8) is 0 Å². The van der Waals surface area contributed by atoms with E-state index in [0.717, 1.165) is 18.3 Å². The van der Waals surface area contributed by atoms with Crippen LogP contribution in [0.3, 0.4) is 0 Å². The predicted octanol–water partition coefficient (Wildman–Crippen LogP) is 2.98. The molecular weight excluding hydrogens is 287 g/mol. The van der Waals surface area contributed by atoms with Crippen LogP contribution < -0.4 is 0 Å². The third kappa shape index (κ3) is 3.26. The van der Waals surface area contributed by atoms with E-state index in [1.54, 1.807) is 26.0 Å². The number of hydrogen-bond acceptors (Lipinski definition) is 5. The highest BCUT2D eigenvalue weighted by molar-refractivity contribution is 5.89. The molecule has 0 radical (unpaired) electrons. The maximum atomic E-state index is 12.4. The first-order valence-electron chi connectivity index (χ1n) is 6.09. The third-order valence-corrected chi connectivity index (χ3v) is 2.82. The number of ketones is 1. The van der Waals surface area contributed by atoms with Gasteiger partial charge in [-0.2, -0.15) is 18.2 Å². The van der Waals surface area contributed by atoms with Gasteiger partial charge < -0.3 is 4.52 Å². The molecule has 21 heavy (non-hydrogen) atoms. The predicted molar refractivity (Wildman–Crippen MR) is 66.5 cm³/mol. The summed E-state index contributed by atoms with van der Waals surface area (Å²) in [5, 5.41) is 3.62. The van der Waals surface area contributed by atoms with E-state index in [0.29, 0.717) is 5.56 Å². The Balaban J connectivity index is 2.32. The molecule has 2 rings (SSSR count). The second kappa shape index (κ2) is 5.27. The number of carbonyl (C=O) groups excluding carboxylic acids is 1. The molecule has 0 fully saturated rings. The number of aromatic nitrogens is 3. The lowest BCUT2D eigenvalue weighted by Gasteiger charge is -2.08. The van der Waals surface area contributed by atoms with E-state index in [-0.39, 0.29) is 11.7 Å². The Morgan fingerprint density at radius 3 is 2.29 bits per heavy atom. The van der Waals surface area contributed by atoms with Crippen LogP contribution in [0.2, 0.25) is 0 Å². The molecule has 2 heterocycles. The molecule has 0 aliphatic rings. The summed E-state index contributed by atoms with van der Waals surface area (Å²) in [6, 6.07) is 3.36. The van der Waals surface area contributed by atoms with Gasteiger partial charge in [-0.1, -0.05) is 5.16 Å². The second-order valence-electron chi connectivity index (χ2n) is 4.68. The SMILES string of the molecule is Cc1cc(-c2noc(C(C)C(=O)C(F)(F)F)n2)cc(C)n1. The number of halogens is 3. The molecule has 0 saturated carbocycles. The fraction of sp³-hybridized carbons (Fsp3) is 0.385. The Morgan fingerprint density at radius 1 is 1.19 bits per heavy atom. The summed E-state index contributed by atoms with van der Waals surface area (Å²) in [7, 11) is 0. The molecule has 1 atom stereocenters. The Kier molecular flexibility index (Phi) is 3.80. The number of Topliss-reactive ketones (excluding diaryl/α,β-unsaturated/α-hetero) is 1. The number of nitrogens with zero attached hydrogens (tertiary/aromatic N) is 3. The molecule has 2 aromatic heterocycles. The van der Waals surface area contributed by atoms with Gasteiger partial charge in [-0.25, -0.2) is 0 Å². The van der Waals surface area contributed by atoms with Crippen molar-refractivity contribution in [1.29, 1.82) is 0 Å². The molecule has 0 bridgehead atoms. The zero-order valence-corrected chi connectivity index (χ0v) is 11.5. The van der Waals surface area contributed by atoms with Gasteiger partial charge in [0.2, 0.25) is 17.5 Å². The fourth-order valence-electron chi connectivity index (χ4n) is 1.85. The van der Waals surface area contributed by atoms with Crippen LogP contribution in [0.5, 0.6) is 0 Å². The summed E-state index contributed by atoms with van der Waals surface area (Å²) in [6.07, 6.45) is -4.93. The fourth-order valence-corrected chi connectivity index (χ4v) is 1.85. The molecule has 0 aromatic carbocycles. The van der Waals surface area contributed by atoms with Crippen molar-refractivity contribution in [2.75, 3.05) is 0 Å². The highest BCUT2D eigenvalue weighted by Crippen LogP contribution is 2.27. The van der Waals surface area contributed by atoms with Crippen molar-refractivity contribution < 1.29 is 22.5 Å². The maximum absolute atomic E-state index is 12.4. The van der Waals surface area contributed by atoms with Crippen molar-refractivity contribution in [2.24, 2.45) is 0 Å². The molecule has 0 amide bonds. The Morgan fingerprint density at radius 2 is 1.76 bits per heavy atom. The van der Waals surface area contributed by atoms with Crippen molar-refractivity contribution >= 4 is 5.78 Å². The van der Waals surface area contributed by atoms with Crippen LogP contribution in [0.15, 0.2) is 16.7 Å². The Bertz CT molecular complexity index is 659. The van der Waals surface area contributed by atoms with Crippen LogP contribution in [-0.2, 0) is 4.79 Å². The molecule has 8 heteroatoms. The van der Waals surface area contributed by atoms with E-state index in [9.17, 15) is 18.0 Å². The van der Waals surface area contributed by atoms with Gasteiger partial charge in [0.05, 0.1) is 0 Å². The minimum absolute atomic E-state index is 0.125. The van der Waals surface area contributed by atoms with Gasteiger partial charge in [0.15, 0.2) is 0 Å². The first-order valence-corrected chi connectivity index (χ1v) is 6.09. The molecule has 1 unspecified atom stereocenters. The molecule has 2 aromatic rings. The van der Waals surface area contributed by atoms with Gasteiger partial charge in [0, 0.05) is 17.0 Å². The third-order valence-electron chi connectivity index (χ3n) is 2.82. The maximum Gasteiger partial charge on any atom is 0.450 e. The monoisotopic (exact) mass is 299 g/mol. The molecule has 0 aliphatic heterocycles. The molecule has 5 nitrogen and oxygen atoms in total. The number of carbonyl (C=O) groups is 1.